The van der Waals surface area contributed by atoms with E-state index in [0.29, 0.717) is 5.82 Å². The fraction of sp³-hybridized carbons (Fsp3) is 0.333. The molecule has 0 saturated carbocycles. The number of nitrogens with zero attached hydrogens (tertiary/aromatic N) is 4. The topological polar surface area (TPSA) is 73.8 Å². The molecule has 6 heteroatoms. The van der Waals surface area contributed by atoms with E-state index in [1.54, 1.807) is 18.5 Å². The number of aryl methyl sites for hydroxylation is 2. The van der Waals surface area contributed by atoms with Gasteiger partial charge in [0.1, 0.15) is 6.33 Å². The van der Waals surface area contributed by atoms with E-state index in [2.05, 4.69) is 17.1 Å². The molecule has 18 heavy (non-hydrogen) atoms. The number of aromatic nitrogens is 3. The summed E-state index contributed by atoms with van der Waals surface area (Å²) in [4.78, 5) is 10.4. The van der Waals surface area contributed by atoms with Gasteiger partial charge in [-0.25, -0.2) is 0 Å². The summed E-state index contributed by atoms with van der Waals surface area (Å²) in [7, 11) is 0. The van der Waals surface area contributed by atoms with Gasteiger partial charge in [-0.15, -0.1) is 10.2 Å². The molecule has 1 aromatic carbocycles. The molecule has 0 bridgehead atoms. The van der Waals surface area contributed by atoms with Gasteiger partial charge in [-0.2, -0.15) is 0 Å². The van der Waals surface area contributed by atoms with Crippen molar-refractivity contribution in [2.24, 2.45) is 0 Å². The van der Waals surface area contributed by atoms with Gasteiger partial charge in [0.25, 0.3) is 5.69 Å². The smallest absolute Gasteiger partial charge is 0.270 e. The highest BCUT2D eigenvalue weighted by Crippen LogP contribution is 2.26. The highest BCUT2D eigenvalue weighted by molar-refractivity contribution is 5.63. The van der Waals surface area contributed by atoms with Crippen molar-refractivity contribution in [3.8, 4) is 11.4 Å². The van der Waals surface area contributed by atoms with Gasteiger partial charge in [-0.1, -0.05) is 13.0 Å². The number of benzene rings is 1. The molecule has 1 aromatic heterocycles. The van der Waals surface area contributed by atoms with Crippen LogP contribution < -0.4 is 0 Å². The lowest BCUT2D eigenvalue weighted by molar-refractivity contribution is -0.384. The van der Waals surface area contributed by atoms with E-state index >= 15 is 0 Å². The molecule has 0 aliphatic rings. The molecule has 0 aliphatic carbocycles. The molecule has 0 radical (unpaired) electrons. The normalized spacial score (nSPS) is 10.6. The van der Waals surface area contributed by atoms with Crippen molar-refractivity contribution in [3.63, 3.8) is 0 Å². The number of nitro groups is 1. The van der Waals surface area contributed by atoms with Crippen LogP contribution in [0.4, 0.5) is 5.69 Å². The monoisotopic (exact) mass is 246 g/mol. The lowest BCUT2D eigenvalue weighted by Crippen LogP contribution is -2.00. The van der Waals surface area contributed by atoms with Crippen LogP contribution in [-0.4, -0.2) is 19.7 Å². The largest absolute Gasteiger partial charge is 0.314 e. The third-order valence-electron chi connectivity index (χ3n) is 2.75. The zero-order valence-corrected chi connectivity index (χ0v) is 10.3. The molecule has 0 amide bonds. The number of rotatable bonds is 4. The van der Waals surface area contributed by atoms with E-state index in [0.717, 1.165) is 24.1 Å². The Balaban J connectivity index is 2.52. The first-order chi connectivity index (χ1) is 8.63. The van der Waals surface area contributed by atoms with Crippen LogP contribution in [0.25, 0.3) is 11.4 Å². The number of non-ortho nitro benzene ring substituents is 1. The highest BCUT2D eigenvalue weighted by atomic mass is 16.6. The van der Waals surface area contributed by atoms with Gasteiger partial charge in [0, 0.05) is 24.2 Å². The van der Waals surface area contributed by atoms with Crippen molar-refractivity contribution < 1.29 is 4.92 Å². The molecule has 2 rings (SSSR count). The van der Waals surface area contributed by atoms with E-state index < -0.39 is 4.92 Å². The maximum absolute atomic E-state index is 10.8. The quantitative estimate of drug-likeness (QED) is 0.613. The third kappa shape index (κ3) is 2.22. The van der Waals surface area contributed by atoms with Crippen LogP contribution in [0.2, 0.25) is 0 Å². The SMILES string of the molecule is CCCn1cnnc1-c1cc([N+](=O)[O-])ccc1C. The molecule has 6 nitrogen and oxygen atoms in total. The Kier molecular flexibility index (Phi) is 3.36. The molecule has 0 unspecified atom stereocenters. The zero-order valence-electron chi connectivity index (χ0n) is 10.3. The predicted molar refractivity (Wildman–Crippen MR) is 67.1 cm³/mol. The van der Waals surface area contributed by atoms with Crippen molar-refractivity contribution in [3.05, 3.63) is 40.2 Å². The van der Waals surface area contributed by atoms with Crippen molar-refractivity contribution >= 4 is 5.69 Å². The standard InChI is InChI=1S/C12H14N4O2/c1-3-6-15-8-13-14-12(15)11-7-10(16(17)18)5-4-9(11)2/h4-5,7-8H,3,6H2,1-2H3. The van der Waals surface area contributed by atoms with Crippen molar-refractivity contribution in [2.45, 2.75) is 26.8 Å². The summed E-state index contributed by atoms with van der Waals surface area (Å²) in [5.74, 6) is 0.679. The molecule has 2 aromatic rings. The van der Waals surface area contributed by atoms with E-state index in [4.69, 9.17) is 0 Å². The minimum Gasteiger partial charge on any atom is -0.314 e. The number of hydrogen-bond acceptors (Lipinski definition) is 4. The summed E-state index contributed by atoms with van der Waals surface area (Å²) in [6.45, 7) is 4.76. The average molecular weight is 246 g/mol. The Morgan fingerprint density at radius 3 is 2.89 bits per heavy atom. The van der Waals surface area contributed by atoms with Crippen LogP contribution in [0.3, 0.4) is 0 Å². The first-order valence-corrected chi connectivity index (χ1v) is 5.76. The van der Waals surface area contributed by atoms with Crippen molar-refractivity contribution in [1.82, 2.24) is 14.8 Å². The molecule has 0 atom stereocenters. The second kappa shape index (κ2) is 4.95. The summed E-state index contributed by atoms with van der Waals surface area (Å²) in [5.41, 5.74) is 1.78. The highest BCUT2D eigenvalue weighted by Gasteiger charge is 2.14. The Hall–Kier alpha value is -2.24. The van der Waals surface area contributed by atoms with Crippen LogP contribution in [-0.2, 0) is 6.54 Å². The lowest BCUT2D eigenvalue weighted by atomic mass is 10.1. The summed E-state index contributed by atoms with van der Waals surface area (Å²) < 4.78 is 1.91. The Morgan fingerprint density at radius 1 is 1.44 bits per heavy atom. The maximum atomic E-state index is 10.8. The maximum Gasteiger partial charge on any atom is 0.270 e. The molecule has 94 valence electrons. The van der Waals surface area contributed by atoms with Crippen LogP contribution in [0, 0.1) is 17.0 Å². The molecule has 1 heterocycles. The van der Waals surface area contributed by atoms with Crippen molar-refractivity contribution in [1.29, 1.82) is 0 Å². The summed E-state index contributed by atoms with van der Waals surface area (Å²) in [6.07, 6.45) is 2.61. The first-order valence-electron chi connectivity index (χ1n) is 5.76. The molecule has 0 N–H and O–H groups in total. The summed E-state index contributed by atoms with van der Waals surface area (Å²) in [6, 6.07) is 4.78. The van der Waals surface area contributed by atoms with E-state index in [1.165, 1.54) is 6.07 Å². The molecule has 0 aliphatic heterocycles. The first kappa shape index (κ1) is 12.2. The van der Waals surface area contributed by atoms with Gasteiger partial charge in [-0.05, 0) is 18.9 Å². The lowest BCUT2D eigenvalue weighted by Gasteiger charge is -2.07. The van der Waals surface area contributed by atoms with Gasteiger partial charge in [0.2, 0.25) is 0 Å². The van der Waals surface area contributed by atoms with Gasteiger partial charge >= 0.3 is 0 Å². The van der Waals surface area contributed by atoms with Crippen LogP contribution in [0.1, 0.15) is 18.9 Å². The fourth-order valence-electron chi connectivity index (χ4n) is 1.83. The Labute approximate surface area is 104 Å². The van der Waals surface area contributed by atoms with E-state index in [9.17, 15) is 10.1 Å². The second-order valence-electron chi connectivity index (χ2n) is 4.10. The van der Waals surface area contributed by atoms with Crippen molar-refractivity contribution in [2.75, 3.05) is 0 Å². The van der Waals surface area contributed by atoms with Gasteiger partial charge in [-0.3, -0.25) is 10.1 Å². The Bertz CT molecular complexity index is 577. The van der Waals surface area contributed by atoms with Crippen LogP contribution >= 0.6 is 0 Å². The van der Waals surface area contributed by atoms with Crippen LogP contribution in [0.15, 0.2) is 24.5 Å². The van der Waals surface area contributed by atoms with Gasteiger partial charge < -0.3 is 4.57 Å². The minimum absolute atomic E-state index is 0.0710. The minimum atomic E-state index is -0.399. The molecule has 0 spiro atoms. The van der Waals surface area contributed by atoms with E-state index in [-0.39, 0.29) is 5.69 Å². The average Bonchev–Trinajstić information content (AvgIpc) is 2.78. The van der Waals surface area contributed by atoms with Gasteiger partial charge in [0.15, 0.2) is 5.82 Å². The predicted octanol–water partition coefficient (Wildman–Crippen LogP) is 2.57. The molecule has 0 fully saturated rings. The van der Waals surface area contributed by atoms with Gasteiger partial charge in [0.05, 0.1) is 4.92 Å². The summed E-state index contributed by atoms with van der Waals surface area (Å²) in [5, 5.41) is 18.7. The van der Waals surface area contributed by atoms with E-state index in [1.807, 2.05) is 11.5 Å². The molecule has 0 saturated heterocycles. The third-order valence-corrected chi connectivity index (χ3v) is 2.75. The Morgan fingerprint density at radius 2 is 2.22 bits per heavy atom. The zero-order chi connectivity index (χ0) is 13.1. The number of nitro benzene ring substituents is 1. The fourth-order valence-corrected chi connectivity index (χ4v) is 1.83. The number of hydrogen-bond donors (Lipinski definition) is 0. The molecular weight excluding hydrogens is 232 g/mol. The summed E-state index contributed by atoms with van der Waals surface area (Å²) >= 11 is 0. The molecular formula is C12H14N4O2. The second-order valence-corrected chi connectivity index (χ2v) is 4.10. The van der Waals surface area contributed by atoms with Crippen LogP contribution in [0.5, 0.6) is 0 Å².